The van der Waals surface area contributed by atoms with Crippen LogP contribution in [0.4, 0.5) is 0 Å². The molecule has 0 spiro atoms. The Labute approximate surface area is 145 Å². The van der Waals surface area contributed by atoms with Crippen molar-refractivity contribution in [3.63, 3.8) is 0 Å². The maximum Gasteiger partial charge on any atom is 0.297 e. The molecular weight excluding hydrogens is 354 g/mol. The summed E-state index contributed by atoms with van der Waals surface area (Å²) in [5, 5.41) is 32.1. The molecule has 0 unspecified atom stereocenters. The van der Waals surface area contributed by atoms with Gasteiger partial charge in [-0.3, -0.25) is 8.98 Å². The van der Waals surface area contributed by atoms with E-state index in [0.29, 0.717) is 0 Å². The minimum absolute atomic E-state index is 0.0689. The molecule has 2 rings (SSSR count). The average Bonchev–Trinajstić information content (AvgIpc) is 2.54. The van der Waals surface area contributed by atoms with Crippen molar-refractivity contribution in [1.82, 2.24) is 5.32 Å². The van der Waals surface area contributed by atoms with E-state index in [1.54, 1.807) is 19.1 Å². The standard InChI is InChI=1S/C15H21NO8S/c1-8-3-5-10(6-4-8)25(21,22)23-7-11-13(18)14(19)12(15(20)24-11)16-9(2)17/h3-6,11-15,18-20H,7H2,1-2H3,(H,16,17)/t11-,12+,13-,14-,15-/m1/s1. The lowest BCUT2D eigenvalue weighted by Gasteiger charge is -2.40. The van der Waals surface area contributed by atoms with Crippen molar-refractivity contribution in [2.45, 2.75) is 49.4 Å². The van der Waals surface area contributed by atoms with Crippen LogP contribution in [-0.4, -0.2) is 66.9 Å². The smallest absolute Gasteiger partial charge is 0.297 e. The van der Waals surface area contributed by atoms with Crippen LogP contribution in [0.15, 0.2) is 29.2 Å². The van der Waals surface area contributed by atoms with Crippen LogP contribution < -0.4 is 5.32 Å². The molecule has 0 bridgehead atoms. The van der Waals surface area contributed by atoms with Crippen LogP contribution in [0.2, 0.25) is 0 Å². The number of benzene rings is 1. The summed E-state index contributed by atoms with van der Waals surface area (Å²) in [5.74, 6) is -0.532. The van der Waals surface area contributed by atoms with Crippen LogP contribution in [0.5, 0.6) is 0 Å². The molecule has 4 N–H and O–H groups in total. The zero-order valence-electron chi connectivity index (χ0n) is 13.7. The molecule has 1 aliphatic rings. The molecule has 0 aliphatic carbocycles. The molecule has 0 aromatic heterocycles. The van der Waals surface area contributed by atoms with Gasteiger partial charge in [0.15, 0.2) is 6.29 Å². The van der Waals surface area contributed by atoms with Gasteiger partial charge in [-0.05, 0) is 19.1 Å². The Hall–Kier alpha value is -1.56. The highest BCUT2D eigenvalue weighted by Gasteiger charge is 2.44. The number of aliphatic hydroxyl groups is 3. The molecule has 1 aromatic rings. The first-order chi connectivity index (χ1) is 11.6. The van der Waals surface area contributed by atoms with E-state index in [9.17, 15) is 28.5 Å². The molecule has 140 valence electrons. The number of carbonyl (C=O) groups is 1. The number of ether oxygens (including phenoxy) is 1. The van der Waals surface area contributed by atoms with Crippen LogP contribution >= 0.6 is 0 Å². The van der Waals surface area contributed by atoms with Crippen molar-refractivity contribution in [2.75, 3.05) is 6.61 Å². The fourth-order valence-electron chi connectivity index (χ4n) is 2.40. The third kappa shape index (κ3) is 4.75. The van der Waals surface area contributed by atoms with Crippen molar-refractivity contribution in [1.29, 1.82) is 0 Å². The molecule has 1 aliphatic heterocycles. The van der Waals surface area contributed by atoms with E-state index in [4.69, 9.17) is 8.92 Å². The summed E-state index contributed by atoms with van der Waals surface area (Å²) in [7, 11) is -4.09. The maximum atomic E-state index is 12.1. The van der Waals surface area contributed by atoms with Crippen molar-refractivity contribution in [3.05, 3.63) is 29.8 Å². The highest BCUT2D eigenvalue weighted by molar-refractivity contribution is 7.86. The second kappa shape index (κ2) is 7.77. The molecule has 10 heteroatoms. The summed E-state index contributed by atoms with van der Waals surface area (Å²) in [6.45, 7) is 2.37. The second-order valence-corrected chi connectivity index (χ2v) is 7.44. The van der Waals surface area contributed by atoms with Crippen LogP contribution in [0.1, 0.15) is 12.5 Å². The summed E-state index contributed by atoms with van der Waals surface area (Å²) >= 11 is 0. The number of carbonyl (C=O) groups excluding carboxylic acids is 1. The van der Waals surface area contributed by atoms with Crippen LogP contribution in [0.25, 0.3) is 0 Å². The number of rotatable bonds is 5. The Morgan fingerprint density at radius 1 is 1.20 bits per heavy atom. The van der Waals surface area contributed by atoms with Crippen molar-refractivity contribution >= 4 is 16.0 Å². The van der Waals surface area contributed by atoms with E-state index in [-0.39, 0.29) is 4.90 Å². The zero-order chi connectivity index (χ0) is 18.8. The van der Waals surface area contributed by atoms with Gasteiger partial charge in [0.1, 0.15) is 24.4 Å². The van der Waals surface area contributed by atoms with Crippen LogP contribution in [-0.2, 0) is 23.8 Å². The Kier molecular flexibility index (Phi) is 6.14. The molecule has 1 fully saturated rings. The van der Waals surface area contributed by atoms with Gasteiger partial charge in [0.25, 0.3) is 10.1 Å². The Balaban J connectivity index is 2.03. The predicted octanol–water partition coefficient (Wildman–Crippen LogP) is -1.36. The zero-order valence-corrected chi connectivity index (χ0v) is 14.5. The molecular formula is C15H21NO8S. The molecule has 25 heavy (non-hydrogen) atoms. The quantitative estimate of drug-likeness (QED) is 0.463. The van der Waals surface area contributed by atoms with Gasteiger partial charge in [-0.15, -0.1) is 0 Å². The van der Waals surface area contributed by atoms with Gasteiger partial charge in [0.05, 0.1) is 11.5 Å². The topological polar surface area (TPSA) is 142 Å². The average molecular weight is 375 g/mol. The Morgan fingerprint density at radius 2 is 1.80 bits per heavy atom. The summed E-state index contributed by atoms with van der Waals surface area (Å²) < 4.78 is 34.2. The lowest BCUT2D eigenvalue weighted by atomic mass is 9.97. The third-order valence-corrected chi connectivity index (χ3v) is 5.08. The number of hydrogen-bond donors (Lipinski definition) is 4. The molecule has 0 saturated carbocycles. The summed E-state index contributed by atoms with van der Waals surface area (Å²) in [6, 6.07) is 4.72. The number of aliphatic hydroxyl groups excluding tert-OH is 3. The minimum Gasteiger partial charge on any atom is -0.388 e. The Bertz CT molecular complexity index is 705. The molecule has 5 atom stereocenters. The summed E-state index contributed by atoms with van der Waals surface area (Å²) in [5.41, 5.74) is 0.875. The van der Waals surface area contributed by atoms with Gasteiger partial charge in [-0.25, -0.2) is 0 Å². The number of hydrogen-bond acceptors (Lipinski definition) is 8. The molecule has 0 radical (unpaired) electrons. The van der Waals surface area contributed by atoms with E-state index in [1.807, 2.05) is 0 Å². The fourth-order valence-corrected chi connectivity index (χ4v) is 3.32. The SMILES string of the molecule is CC(=O)N[C@H]1[C@@H](O)[C@H](O)[C@@H](COS(=O)(=O)c2ccc(C)cc2)O[C@H]1O. The fraction of sp³-hybridized carbons (Fsp3) is 0.533. The molecule has 9 nitrogen and oxygen atoms in total. The summed E-state index contributed by atoms with van der Waals surface area (Å²) in [4.78, 5) is 11.0. The van der Waals surface area contributed by atoms with Crippen molar-refractivity contribution in [3.8, 4) is 0 Å². The van der Waals surface area contributed by atoms with E-state index in [2.05, 4.69) is 5.32 Å². The monoisotopic (exact) mass is 375 g/mol. The van der Waals surface area contributed by atoms with Gasteiger partial charge in [-0.2, -0.15) is 8.42 Å². The minimum atomic E-state index is -4.09. The largest absolute Gasteiger partial charge is 0.388 e. The first kappa shape index (κ1) is 19.8. The predicted molar refractivity (Wildman–Crippen MR) is 84.8 cm³/mol. The number of nitrogens with one attached hydrogen (secondary N) is 1. The summed E-state index contributed by atoms with van der Waals surface area (Å²) in [6.07, 6.45) is -6.04. The maximum absolute atomic E-state index is 12.1. The van der Waals surface area contributed by atoms with Gasteiger partial charge in [-0.1, -0.05) is 17.7 Å². The van der Waals surface area contributed by atoms with Crippen LogP contribution in [0, 0.1) is 6.92 Å². The number of aryl methyl sites for hydroxylation is 1. The normalized spacial score (nSPS) is 30.0. The number of amides is 1. The molecule has 1 amide bonds. The van der Waals surface area contributed by atoms with Crippen molar-refractivity contribution < 1.29 is 37.5 Å². The lowest BCUT2D eigenvalue weighted by molar-refractivity contribution is -0.252. The Morgan fingerprint density at radius 3 is 2.36 bits per heavy atom. The van der Waals surface area contributed by atoms with E-state index in [1.165, 1.54) is 19.1 Å². The first-order valence-corrected chi connectivity index (χ1v) is 8.95. The highest BCUT2D eigenvalue weighted by atomic mass is 32.2. The van der Waals surface area contributed by atoms with Crippen LogP contribution in [0.3, 0.4) is 0 Å². The van der Waals surface area contributed by atoms with E-state index < -0.39 is 53.3 Å². The molecule has 1 heterocycles. The lowest BCUT2D eigenvalue weighted by Crippen LogP contribution is -2.64. The molecule has 1 aromatic carbocycles. The third-order valence-electron chi connectivity index (χ3n) is 3.79. The first-order valence-electron chi connectivity index (χ1n) is 7.54. The van der Waals surface area contributed by atoms with Gasteiger partial charge in [0, 0.05) is 6.92 Å². The highest BCUT2D eigenvalue weighted by Crippen LogP contribution is 2.22. The molecule has 1 saturated heterocycles. The van der Waals surface area contributed by atoms with Gasteiger partial charge >= 0.3 is 0 Å². The second-order valence-electron chi connectivity index (χ2n) is 5.82. The van der Waals surface area contributed by atoms with Crippen molar-refractivity contribution in [2.24, 2.45) is 0 Å². The van der Waals surface area contributed by atoms with Gasteiger partial charge < -0.3 is 25.4 Å². The van der Waals surface area contributed by atoms with Gasteiger partial charge in [0.2, 0.25) is 5.91 Å². The van der Waals surface area contributed by atoms with E-state index in [0.717, 1.165) is 5.56 Å². The van der Waals surface area contributed by atoms with E-state index >= 15 is 0 Å².